The van der Waals surface area contributed by atoms with E-state index in [4.69, 9.17) is 14.2 Å². The van der Waals surface area contributed by atoms with Crippen molar-refractivity contribution in [2.45, 2.75) is 50.5 Å². The number of carbonyl (C=O) groups is 2. The molecule has 0 heterocycles. The number of hydrogen-bond donors (Lipinski definition) is 1. The molecule has 3 aromatic carbocycles. The van der Waals surface area contributed by atoms with E-state index in [9.17, 15) is 14.7 Å². The monoisotopic (exact) mass is 565 g/mol. The van der Waals surface area contributed by atoms with Crippen LogP contribution in [0.25, 0.3) is 0 Å². The summed E-state index contributed by atoms with van der Waals surface area (Å²) in [6.45, 7) is 7.56. The van der Waals surface area contributed by atoms with Crippen LogP contribution >= 0.6 is 11.8 Å². The molecule has 0 aliphatic rings. The number of carbonyl (C=O) groups excluding carboxylic acids is 1. The molecule has 1 amide bonds. The van der Waals surface area contributed by atoms with Gasteiger partial charge in [-0.25, -0.2) is 9.59 Å². The molecule has 1 atom stereocenters. The second-order valence-corrected chi connectivity index (χ2v) is 10.7. The third-order valence-electron chi connectivity index (χ3n) is 6.21. The molecule has 0 fully saturated rings. The van der Waals surface area contributed by atoms with E-state index in [1.807, 2.05) is 54.6 Å². The summed E-state index contributed by atoms with van der Waals surface area (Å²) in [5.74, 6) is 1.45. The van der Waals surface area contributed by atoms with Crippen molar-refractivity contribution in [2.75, 3.05) is 32.1 Å². The maximum absolute atomic E-state index is 13.1. The Balaban J connectivity index is 1.55. The summed E-state index contributed by atoms with van der Waals surface area (Å²) in [5, 5.41) is 9.30. The minimum absolute atomic E-state index is 0.280. The molecule has 1 unspecified atom stereocenters. The maximum Gasteiger partial charge on any atom is 0.415 e. The molecular formula is C32H39NO6S. The number of carboxylic acid groups (broad SMARTS) is 1. The summed E-state index contributed by atoms with van der Waals surface area (Å²) >= 11 is 1.76. The molecule has 3 aromatic rings. The number of thioether (sulfide) groups is 1. The van der Waals surface area contributed by atoms with E-state index < -0.39 is 18.2 Å². The van der Waals surface area contributed by atoms with Gasteiger partial charge >= 0.3 is 12.1 Å². The van der Waals surface area contributed by atoms with Crippen LogP contribution in [0, 0.1) is 0 Å². The van der Waals surface area contributed by atoms with E-state index in [1.54, 1.807) is 35.7 Å². The summed E-state index contributed by atoms with van der Waals surface area (Å²) in [5.41, 5.74) is 2.03. The van der Waals surface area contributed by atoms with E-state index in [-0.39, 0.29) is 6.42 Å². The van der Waals surface area contributed by atoms with Gasteiger partial charge in [-0.15, -0.1) is 11.8 Å². The molecular weight excluding hydrogens is 526 g/mol. The second-order valence-electron chi connectivity index (χ2n) is 9.57. The van der Waals surface area contributed by atoms with Gasteiger partial charge in [0.1, 0.15) is 18.1 Å². The number of rotatable bonds is 16. The van der Waals surface area contributed by atoms with Crippen molar-refractivity contribution in [1.82, 2.24) is 4.90 Å². The zero-order valence-corrected chi connectivity index (χ0v) is 24.3. The van der Waals surface area contributed by atoms with E-state index in [2.05, 4.69) is 26.0 Å². The second kappa shape index (κ2) is 16.6. The third-order valence-corrected chi connectivity index (χ3v) is 7.31. The minimum atomic E-state index is -0.979. The number of carboxylic acids is 1. The van der Waals surface area contributed by atoms with Crippen LogP contribution in [0.3, 0.4) is 0 Å². The molecule has 0 aliphatic heterocycles. The van der Waals surface area contributed by atoms with Crippen molar-refractivity contribution in [3.05, 3.63) is 90.0 Å². The molecule has 0 aliphatic carbocycles. The zero-order valence-electron chi connectivity index (χ0n) is 23.5. The van der Waals surface area contributed by atoms with E-state index in [1.165, 1.54) is 10.5 Å². The average molecular weight is 566 g/mol. The summed E-state index contributed by atoms with van der Waals surface area (Å²) in [6.07, 6.45) is -0.197. The van der Waals surface area contributed by atoms with E-state index in [0.717, 1.165) is 17.7 Å². The summed E-state index contributed by atoms with van der Waals surface area (Å²) in [7, 11) is 0. The lowest BCUT2D eigenvalue weighted by molar-refractivity contribution is -0.149. The molecule has 0 radical (unpaired) electrons. The fourth-order valence-electron chi connectivity index (χ4n) is 3.97. The lowest BCUT2D eigenvalue weighted by atomic mass is 10.0. The van der Waals surface area contributed by atoms with E-state index in [0.29, 0.717) is 43.7 Å². The standard InChI is InChI=1S/C32H39NO6S/c1-4-37-30(31(34)35)23-25-11-15-27(16-12-25)38-21-20-33(19-8-22-40-29-9-6-5-7-10-29)32(36)39-28-17-13-26(14-18-28)24(2)3/h5-7,9-18,24,30H,4,8,19-23H2,1-3H3,(H,34,35). The highest BCUT2D eigenvalue weighted by atomic mass is 32.2. The summed E-state index contributed by atoms with van der Waals surface area (Å²) < 4.78 is 16.9. The topological polar surface area (TPSA) is 85.3 Å². The van der Waals surface area contributed by atoms with Crippen LogP contribution in [0.5, 0.6) is 11.5 Å². The Hall–Kier alpha value is -3.49. The van der Waals surface area contributed by atoms with Crippen LogP contribution in [0.1, 0.15) is 44.2 Å². The van der Waals surface area contributed by atoms with Gasteiger partial charge in [-0.2, -0.15) is 0 Å². The largest absolute Gasteiger partial charge is 0.492 e. The van der Waals surface area contributed by atoms with E-state index >= 15 is 0 Å². The summed E-state index contributed by atoms with van der Waals surface area (Å²) in [6, 6.07) is 25.1. The Kier molecular flexibility index (Phi) is 12.9. The highest BCUT2D eigenvalue weighted by Crippen LogP contribution is 2.21. The van der Waals surface area contributed by atoms with Crippen molar-refractivity contribution in [2.24, 2.45) is 0 Å². The highest BCUT2D eigenvalue weighted by Gasteiger charge is 2.18. The smallest absolute Gasteiger partial charge is 0.415 e. The molecule has 0 spiro atoms. The molecule has 40 heavy (non-hydrogen) atoms. The fraction of sp³-hybridized carbons (Fsp3) is 0.375. The molecule has 214 valence electrons. The maximum atomic E-state index is 13.1. The predicted molar refractivity (Wildman–Crippen MR) is 159 cm³/mol. The van der Waals surface area contributed by atoms with Crippen molar-refractivity contribution < 1.29 is 28.9 Å². The normalized spacial score (nSPS) is 11.7. The minimum Gasteiger partial charge on any atom is -0.492 e. The molecule has 0 saturated heterocycles. The lowest BCUT2D eigenvalue weighted by Gasteiger charge is -2.22. The first-order chi connectivity index (χ1) is 19.4. The fourth-order valence-corrected chi connectivity index (χ4v) is 4.83. The average Bonchev–Trinajstić information content (AvgIpc) is 2.95. The van der Waals surface area contributed by atoms with Crippen LogP contribution in [0.4, 0.5) is 4.79 Å². The van der Waals surface area contributed by atoms with Gasteiger partial charge in [0.15, 0.2) is 6.10 Å². The Labute approximate surface area is 241 Å². The molecule has 0 bridgehead atoms. The summed E-state index contributed by atoms with van der Waals surface area (Å²) in [4.78, 5) is 27.3. The van der Waals surface area contributed by atoms with Crippen molar-refractivity contribution in [3.63, 3.8) is 0 Å². The molecule has 3 rings (SSSR count). The Morgan fingerprint density at radius 3 is 2.20 bits per heavy atom. The quantitative estimate of drug-likeness (QED) is 0.149. The lowest BCUT2D eigenvalue weighted by Crippen LogP contribution is -2.37. The Morgan fingerprint density at radius 2 is 1.57 bits per heavy atom. The van der Waals surface area contributed by atoms with Crippen molar-refractivity contribution in [3.8, 4) is 11.5 Å². The Morgan fingerprint density at radius 1 is 0.900 bits per heavy atom. The van der Waals surface area contributed by atoms with Gasteiger partial charge < -0.3 is 24.2 Å². The SMILES string of the molecule is CCOC(Cc1ccc(OCCN(CCCSc2ccccc2)C(=O)Oc2ccc(C(C)C)cc2)cc1)C(=O)O. The van der Waals surface area contributed by atoms with Crippen LogP contribution in [0.2, 0.25) is 0 Å². The molecule has 7 nitrogen and oxygen atoms in total. The Bertz CT molecular complexity index is 1170. The molecule has 1 N–H and O–H groups in total. The van der Waals surface area contributed by atoms with Gasteiger partial charge in [0, 0.05) is 24.5 Å². The van der Waals surface area contributed by atoms with Gasteiger partial charge in [-0.1, -0.05) is 56.3 Å². The first-order valence-corrected chi connectivity index (χ1v) is 14.6. The molecule has 8 heteroatoms. The molecule has 0 saturated carbocycles. The number of nitrogens with zero attached hydrogens (tertiary/aromatic N) is 1. The zero-order chi connectivity index (χ0) is 28.7. The number of benzene rings is 3. The number of aliphatic carboxylic acids is 1. The van der Waals surface area contributed by atoms with Crippen LogP contribution in [-0.4, -0.2) is 60.2 Å². The van der Waals surface area contributed by atoms with Gasteiger partial charge in [-0.3, -0.25) is 0 Å². The highest BCUT2D eigenvalue weighted by molar-refractivity contribution is 7.99. The van der Waals surface area contributed by atoms with Crippen LogP contribution in [0.15, 0.2) is 83.8 Å². The first kappa shape index (κ1) is 31.0. The van der Waals surface area contributed by atoms with Crippen LogP contribution < -0.4 is 9.47 Å². The van der Waals surface area contributed by atoms with Crippen LogP contribution in [-0.2, 0) is 16.0 Å². The van der Waals surface area contributed by atoms with Gasteiger partial charge in [0.05, 0.1) is 6.54 Å². The predicted octanol–water partition coefficient (Wildman–Crippen LogP) is 6.90. The van der Waals surface area contributed by atoms with Crippen molar-refractivity contribution >= 4 is 23.8 Å². The van der Waals surface area contributed by atoms with Crippen molar-refractivity contribution in [1.29, 1.82) is 0 Å². The molecule has 0 aromatic heterocycles. The number of hydrogen-bond acceptors (Lipinski definition) is 6. The van der Waals surface area contributed by atoms with Gasteiger partial charge in [-0.05, 0) is 72.5 Å². The van der Waals surface area contributed by atoms with Gasteiger partial charge in [0.25, 0.3) is 0 Å². The number of ether oxygens (including phenoxy) is 3. The third kappa shape index (κ3) is 10.6. The first-order valence-electron chi connectivity index (χ1n) is 13.7. The number of amides is 1. The van der Waals surface area contributed by atoms with Gasteiger partial charge in [0.2, 0.25) is 0 Å².